The summed E-state index contributed by atoms with van der Waals surface area (Å²) in [7, 11) is 0. The lowest BCUT2D eigenvalue weighted by Crippen LogP contribution is -2.55. The summed E-state index contributed by atoms with van der Waals surface area (Å²) in [6.45, 7) is 1.37. The van der Waals surface area contributed by atoms with Gasteiger partial charge in [-0.2, -0.15) is 0 Å². The molecule has 2 aromatic carbocycles. The normalized spacial score (nSPS) is 27.3. The number of phenols is 1. The van der Waals surface area contributed by atoms with Crippen molar-refractivity contribution in [2.24, 2.45) is 0 Å². The van der Waals surface area contributed by atoms with Crippen molar-refractivity contribution in [2.75, 3.05) is 6.61 Å². The number of phenolic OH excluding ortho intramolecular Hbond substituents is 1. The number of aromatic hydroxyl groups is 1. The van der Waals surface area contributed by atoms with E-state index in [4.69, 9.17) is 4.74 Å². The van der Waals surface area contributed by atoms with Crippen LogP contribution >= 0.6 is 0 Å². The van der Waals surface area contributed by atoms with Crippen molar-refractivity contribution in [3.63, 3.8) is 0 Å². The molecule has 0 unspecified atom stereocenters. The van der Waals surface area contributed by atoms with Crippen LogP contribution in [0.3, 0.4) is 0 Å². The van der Waals surface area contributed by atoms with E-state index in [-0.39, 0.29) is 16.9 Å². The highest BCUT2D eigenvalue weighted by Crippen LogP contribution is 2.37. The second-order valence-electron chi connectivity index (χ2n) is 7.10. The lowest BCUT2D eigenvalue weighted by atomic mass is 9.88. The zero-order chi connectivity index (χ0) is 21.1. The van der Waals surface area contributed by atoms with Crippen LogP contribution in [-0.4, -0.2) is 62.3 Å². The third-order valence-electron chi connectivity index (χ3n) is 5.02. The van der Waals surface area contributed by atoms with Gasteiger partial charge in [0.15, 0.2) is 5.78 Å². The average Bonchev–Trinajstić information content (AvgIpc) is 2.71. The van der Waals surface area contributed by atoms with E-state index in [9.17, 15) is 30.3 Å². The maximum Gasteiger partial charge on any atom is 0.189 e. The van der Waals surface area contributed by atoms with Gasteiger partial charge in [-0.1, -0.05) is 48.0 Å². The number of benzene rings is 2. The van der Waals surface area contributed by atoms with Crippen molar-refractivity contribution >= 4 is 11.9 Å². The summed E-state index contributed by atoms with van der Waals surface area (Å²) in [6, 6.07) is 11.8. The number of carbonyl (C=O) groups excluding carboxylic acids is 1. The molecule has 0 saturated carbocycles. The van der Waals surface area contributed by atoms with Crippen LogP contribution in [0, 0.1) is 6.92 Å². The molecular formula is C22H24O7. The molecule has 0 radical (unpaired) electrons. The number of ether oxygens (including phenoxy) is 1. The molecule has 1 aliphatic heterocycles. The Labute approximate surface area is 168 Å². The number of ketones is 1. The van der Waals surface area contributed by atoms with Gasteiger partial charge in [0.05, 0.1) is 12.2 Å². The van der Waals surface area contributed by atoms with Gasteiger partial charge in [-0.25, -0.2) is 0 Å². The molecule has 1 fully saturated rings. The molecule has 3 rings (SSSR count). The smallest absolute Gasteiger partial charge is 0.189 e. The van der Waals surface area contributed by atoms with E-state index < -0.39 is 42.9 Å². The summed E-state index contributed by atoms with van der Waals surface area (Å²) in [4.78, 5) is 12.8. The maximum absolute atomic E-state index is 12.8. The van der Waals surface area contributed by atoms with Crippen molar-refractivity contribution in [2.45, 2.75) is 37.4 Å². The van der Waals surface area contributed by atoms with Crippen molar-refractivity contribution in [3.05, 3.63) is 70.8 Å². The second-order valence-corrected chi connectivity index (χ2v) is 7.10. The first-order valence-corrected chi connectivity index (χ1v) is 9.25. The first-order valence-electron chi connectivity index (χ1n) is 9.25. The number of carbonyl (C=O) groups is 1. The molecule has 5 atom stereocenters. The number of rotatable bonds is 5. The van der Waals surface area contributed by atoms with Crippen molar-refractivity contribution in [3.8, 4) is 5.75 Å². The fourth-order valence-electron chi connectivity index (χ4n) is 3.35. The van der Waals surface area contributed by atoms with E-state index >= 15 is 0 Å². The Morgan fingerprint density at radius 2 is 1.72 bits per heavy atom. The number of hydrogen-bond donors (Lipinski definition) is 5. The van der Waals surface area contributed by atoms with Crippen LogP contribution in [0.25, 0.3) is 6.08 Å². The number of aliphatic hydroxyl groups excluding tert-OH is 4. The second kappa shape index (κ2) is 8.86. The van der Waals surface area contributed by atoms with Gasteiger partial charge in [0.25, 0.3) is 0 Å². The first-order chi connectivity index (χ1) is 13.8. The number of allylic oxidation sites excluding steroid dienone is 1. The Balaban J connectivity index is 1.94. The Morgan fingerprint density at radius 1 is 1.03 bits per heavy atom. The predicted molar refractivity (Wildman–Crippen MR) is 105 cm³/mol. The Morgan fingerprint density at radius 3 is 2.38 bits per heavy atom. The molecule has 0 aliphatic carbocycles. The summed E-state index contributed by atoms with van der Waals surface area (Å²) in [5, 5.41) is 50.1. The van der Waals surface area contributed by atoms with E-state index in [0.29, 0.717) is 0 Å². The molecule has 0 bridgehead atoms. The van der Waals surface area contributed by atoms with Crippen LogP contribution in [-0.2, 0) is 4.74 Å². The minimum Gasteiger partial charge on any atom is -0.507 e. The van der Waals surface area contributed by atoms with Gasteiger partial charge in [-0.3, -0.25) is 4.79 Å². The molecule has 0 aromatic heterocycles. The quantitative estimate of drug-likeness (QED) is 0.376. The molecule has 7 heteroatoms. The van der Waals surface area contributed by atoms with Gasteiger partial charge in [0.2, 0.25) is 0 Å². The van der Waals surface area contributed by atoms with Gasteiger partial charge in [-0.15, -0.1) is 0 Å². The summed E-state index contributed by atoms with van der Waals surface area (Å²) in [5.74, 6) is -0.825. The monoisotopic (exact) mass is 400 g/mol. The summed E-state index contributed by atoms with van der Waals surface area (Å²) >= 11 is 0. The van der Waals surface area contributed by atoms with E-state index in [1.165, 1.54) is 24.3 Å². The van der Waals surface area contributed by atoms with Crippen LogP contribution in [0.5, 0.6) is 5.75 Å². The first kappa shape index (κ1) is 21.2. The minimum atomic E-state index is -1.58. The topological polar surface area (TPSA) is 127 Å². The molecule has 0 amide bonds. The van der Waals surface area contributed by atoms with Gasteiger partial charge in [0.1, 0.15) is 36.3 Å². The molecule has 7 nitrogen and oxygen atoms in total. The molecule has 1 aliphatic rings. The van der Waals surface area contributed by atoms with Crippen LogP contribution in [0.4, 0.5) is 0 Å². The highest BCUT2D eigenvalue weighted by atomic mass is 16.5. The van der Waals surface area contributed by atoms with Crippen LogP contribution in [0.15, 0.2) is 48.5 Å². The number of aliphatic hydroxyl groups is 4. The van der Waals surface area contributed by atoms with Gasteiger partial charge in [0, 0.05) is 0 Å². The summed E-state index contributed by atoms with van der Waals surface area (Å²) in [6.07, 6.45) is -4.08. The molecule has 29 heavy (non-hydrogen) atoms. The van der Waals surface area contributed by atoms with Crippen molar-refractivity contribution in [1.82, 2.24) is 0 Å². The van der Waals surface area contributed by atoms with Crippen molar-refractivity contribution < 1.29 is 35.1 Å². The highest BCUT2D eigenvalue weighted by Gasteiger charge is 2.45. The third-order valence-corrected chi connectivity index (χ3v) is 5.02. The van der Waals surface area contributed by atoms with Gasteiger partial charge in [-0.05, 0) is 30.2 Å². The number of hydrogen-bond acceptors (Lipinski definition) is 7. The zero-order valence-electron chi connectivity index (χ0n) is 15.8. The lowest BCUT2D eigenvalue weighted by Gasteiger charge is -2.40. The maximum atomic E-state index is 12.8. The third kappa shape index (κ3) is 4.39. The van der Waals surface area contributed by atoms with E-state index in [0.717, 1.165) is 11.1 Å². The SMILES string of the molecule is Cc1ccc(C=CC(=O)c2c(O)cccc2[C@@H]2O[C@H](CO)[C@@H](O)[C@H](O)[C@H]2O)cc1. The van der Waals surface area contributed by atoms with Crippen LogP contribution < -0.4 is 0 Å². The van der Waals surface area contributed by atoms with E-state index in [2.05, 4.69) is 0 Å². The standard InChI is InChI=1S/C22H24O7/c1-12-5-7-13(8-6-12)9-10-16(25)18-14(3-2-4-15(18)24)22-21(28)20(27)19(26)17(11-23)29-22/h2-10,17,19-24,26-28H,11H2,1H3/t17-,19-,20+,21-,22+/m1/s1. The van der Waals surface area contributed by atoms with Crippen LogP contribution in [0.1, 0.15) is 33.2 Å². The van der Waals surface area contributed by atoms with E-state index in [1.807, 2.05) is 31.2 Å². The Kier molecular flexibility index (Phi) is 6.46. The van der Waals surface area contributed by atoms with Crippen molar-refractivity contribution in [1.29, 1.82) is 0 Å². The van der Waals surface area contributed by atoms with Gasteiger partial charge < -0.3 is 30.3 Å². The molecule has 5 N–H and O–H groups in total. The summed E-state index contributed by atoms with van der Waals surface area (Å²) in [5.41, 5.74) is 1.95. The summed E-state index contributed by atoms with van der Waals surface area (Å²) < 4.78 is 5.54. The molecule has 1 saturated heterocycles. The predicted octanol–water partition coefficient (Wildman–Crippen LogP) is 1.11. The fraction of sp³-hybridized carbons (Fsp3) is 0.318. The Hall–Kier alpha value is -2.55. The van der Waals surface area contributed by atoms with Gasteiger partial charge >= 0.3 is 0 Å². The molecular weight excluding hydrogens is 376 g/mol. The average molecular weight is 400 g/mol. The highest BCUT2D eigenvalue weighted by molar-refractivity contribution is 6.09. The van der Waals surface area contributed by atoms with E-state index in [1.54, 1.807) is 6.08 Å². The minimum absolute atomic E-state index is 0.0832. The molecule has 0 spiro atoms. The number of aryl methyl sites for hydroxylation is 1. The molecule has 154 valence electrons. The molecule has 1 heterocycles. The lowest BCUT2D eigenvalue weighted by molar-refractivity contribution is -0.231. The molecule has 2 aromatic rings. The largest absolute Gasteiger partial charge is 0.507 e. The fourth-order valence-corrected chi connectivity index (χ4v) is 3.35. The van der Waals surface area contributed by atoms with Crippen LogP contribution in [0.2, 0.25) is 0 Å². The zero-order valence-corrected chi connectivity index (χ0v) is 15.8. The Bertz CT molecular complexity index is 889.